The largest absolute Gasteiger partial charge is 0.383 e. The van der Waals surface area contributed by atoms with Crippen LogP contribution < -0.4 is 0 Å². The van der Waals surface area contributed by atoms with Crippen LogP contribution in [0.5, 0.6) is 0 Å². The molecule has 2 aliphatic heterocycles. The summed E-state index contributed by atoms with van der Waals surface area (Å²) in [7, 11) is 0. The van der Waals surface area contributed by atoms with Crippen LogP contribution in [0.4, 0.5) is 0 Å². The topological polar surface area (TPSA) is 15.7 Å². The van der Waals surface area contributed by atoms with E-state index < -0.39 is 0 Å². The summed E-state index contributed by atoms with van der Waals surface area (Å²) in [5.41, 5.74) is 3.56. The van der Waals surface area contributed by atoms with Crippen LogP contribution in [0.2, 0.25) is 0 Å². The predicted molar refractivity (Wildman–Crippen MR) is 97.3 cm³/mol. The maximum Gasteiger partial charge on any atom is 0.182 e. The van der Waals surface area contributed by atoms with Crippen molar-refractivity contribution in [2.24, 2.45) is 0 Å². The predicted octanol–water partition coefficient (Wildman–Crippen LogP) is 4.94. The quantitative estimate of drug-likeness (QED) is 0.779. The molecular formula is C21H24N2O. The van der Waals surface area contributed by atoms with E-state index in [2.05, 4.69) is 70.8 Å². The van der Waals surface area contributed by atoms with Crippen LogP contribution in [-0.4, -0.2) is 23.3 Å². The van der Waals surface area contributed by atoms with Crippen molar-refractivity contribution in [3.05, 3.63) is 71.8 Å². The molecule has 0 radical (unpaired) electrons. The average molecular weight is 320 g/mol. The summed E-state index contributed by atoms with van der Waals surface area (Å²) in [6.45, 7) is 1.97. The Bertz CT molecular complexity index is 696. The Kier molecular flexibility index (Phi) is 4.52. The van der Waals surface area contributed by atoms with Gasteiger partial charge >= 0.3 is 0 Å². The number of benzene rings is 2. The molecule has 0 bridgehead atoms. The van der Waals surface area contributed by atoms with Crippen LogP contribution in [0.3, 0.4) is 0 Å². The highest BCUT2D eigenvalue weighted by Gasteiger charge is 2.33. The zero-order chi connectivity index (χ0) is 16.2. The lowest BCUT2D eigenvalue weighted by Gasteiger charge is -2.28. The molecule has 0 amide bonds. The zero-order valence-corrected chi connectivity index (χ0v) is 14.0. The van der Waals surface area contributed by atoms with Crippen molar-refractivity contribution < 1.29 is 4.84 Å². The summed E-state index contributed by atoms with van der Waals surface area (Å²) in [5.74, 6) is 0.974. The molecule has 2 aliphatic rings. The minimum Gasteiger partial charge on any atom is -0.383 e. The first-order valence-corrected chi connectivity index (χ1v) is 9.01. The highest BCUT2D eigenvalue weighted by Crippen LogP contribution is 2.38. The Hall–Kier alpha value is -2.26. The third-order valence-corrected chi connectivity index (χ3v) is 4.74. The molecule has 0 N–H and O–H groups in total. The Labute approximate surface area is 144 Å². The standard InChI is InChI=1S/C21H24N2O/c1-2-10-16-22-20(18-12-6-4-7-13-18)21(19-14-8-5-9-15-19)24-23(22)17-11-3-1/h4-9,12-15H,1-3,10-11,16-17H2. The molecule has 0 unspecified atom stereocenters. The van der Waals surface area contributed by atoms with Gasteiger partial charge in [0.15, 0.2) is 5.76 Å². The summed E-state index contributed by atoms with van der Waals surface area (Å²) in [6, 6.07) is 21.1. The van der Waals surface area contributed by atoms with Gasteiger partial charge in [0, 0.05) is 17.7 Å². The summed E-state index contributed by atoms with van der Waals surface area (Å²) in [6.07, 6.45) is 6.30. The summed E-state index contributed by atoms with van der Waals surface area (Å²) in [5, 5.41) is 4.43. The fourth-order valence-electron chi connectivity index (χ4n) is 3.51. The molecule has 24 heavy (non-hydrogen) atoms. The molecule has 1 saturated heterocycles. The van der Waals surface area contributed by atoms with Crippen molar-refractivity contribution in [3.63, 3.8) is 0 Å². The van der Waals surface area contributed by atoms with Gasteiger partial charge in [-0.25, -0.2) is 0 Å². The molecule has 1 fully saturated rings. The lowest BCUT2D eigenvalue weighted by atomic mass is 10.1. The molecule has 3 nitrogen and oxygen atoms in total. The third kappa shape index (κ3) is 3.04. The van der Waals surface area contributed by atoms with Crippen LogP contribution in [0, 0.1) is 0 Å². The van der Waals surface area contributed by atoms with E-state index >= 15 is 0 Å². The maximum absolute atomic E-state index is 6.35. The minimum atomic E-state index is 0.951. The number of rotatable bonds is 2. The molecule has 0 aromatic heterocycles. The van der Waals surface area contributed by atoms with Crippen LogP contribution in [-0.2, 0) is 4.84 Å². The first kappa shape index (κ1) is 15.3. The van der Waals surface area contributed by atoms with Gasteiger partial charge in [0.05, 0.1) is 6.54 Å². The number of hydroxylamine groups is 1. The highest BCUT2D eigenvalue weighted by atomic mass is 16.7. The van der Waals surface area contributed by atoms with E-state index in [0.717, 1.165) is 24.4 Å². The second-order valence-electron chi connectivity index (χ2n) is 6.47. The van der Waals surface area contributed by atoms with Gasteiger partial charge < -0.3 is 4.84 Å². The van der Waals surface area contributed by atoms with Crippen molar-refractivity contribution in [2.45, 2.75) is 32.1 Å². The average Bonchev–Trinajstić information content (AvgIpc) is 3.04. The smallest absolute Gasteiger partial charge is 0.182 e. The van der Waals surface area contributed by atoms with E-state index in [4.69, 9.17) is 4.84 Å². The van der Waals surface area contributed by atoms with E-state index in [1.165, 1.54) is 43.4 Å². The minimum absolute atomic E-state index is 0.951. The lowest BCUT2D eigenvalue weighted by molar-refractivity contribution is -0.191. The van der Waals surface area contributed by atoms with Crippen molar-refractivity contribution in [1.29, 1.82) is 0 Å². The highest BCUT2D eigenvalue weighted by molar-refractivity contribution is 5.87. The molecule has 0 saturated carbocycles. The van der Waals surface area contributed by atoms with Crippen molar-refractivity contribution in [1.82, 2.24) is 10.2 Å². The van der Waals surface area contributed by atoms with Gasteiger partial charge in [-0.3, -0.25) is 5.01 Å². The lowest BCUT2D eigenvalue weighted by Crippen LogP contribution is -2.37. The third-order valence-electron chi connectivity index (χ3n) is 4.74. The van der Waals surface area contributed by atoms with Gasteiger partial charge in [0.2, 0.25) is 0 Å². The fraction of sp³-hybridized carbons (Fsp3) is 0.333. The molecule has 124 valence electrons. The second kappa shape index (κ2) is 7.10. The first-order valence-electron chi connectivity index (χ1n) is 9.01. The van der Waals surface area contributed by atoms with Gasteiger partial charge in [-0.1, -0.05) is 85.1 Å². The van der Waals surface area contributed by atoms with Crippen LogP contribution >= 0.6 is 0 Å². The number of hydrogen-bond donors (Lipinski definition) is 0. The SMILES string of the molecule is c1ccc(C2=C(c3ccccc3)N3CCCCCCCN3O2)cc1. The molecule has 2 heterocycles. The van der Waals surface area contributed by atoms with Gasteiger partial charge in [-0.2, -0.15) is 0 Å². The molecule has 0 spiro atoms. The maximum atomic E-state index is 6.35. The zero-order valence-electron chi connectivity index (χ0n) is 14.0. The molecule has 2 aromatic rings. The van der Waals surface area contributed by atoms with Gasteiger partial charge in [-0.05, 0) is 12.8 Å². The molecular weight excluding hydrogens is 296 g/mol. The van der Waals surface area contributed by atoms with Gasteiger partial charge in [0.25, 0.3) is 0 Å². The normalized spacial score (nSPS) is 19.2. The number of fused-ring (bicyclic) bond motifs is 1. The van der Waals surface area contributed by atoms with E-state index in [1.807, 2.05) is 0 Å². The number of nitrogens with zero attached hydrogens (tertiary/aromatic N) is 2. The Morgan fingerprint density at radius 2 is 1.21 bits per heavy atom. The molecule has 0 atom stereocenters. The van der Waals surface area contributed by atoms with Crippen molar-refractivity contribution in [2.75, 3.05) is 13.1 Å². The van der Waals surface area contributed by atoms with E-state index in [9.17, 15) is 0 Å². The van der Waals surface area contributed by atoms with Gasteiger partial charge in [0.1, 0.15) is 5.70 Å². The van der Waals surface area contributed by atoms with E-state index in [-0.39, 0.29) is 0 Å². The monoisotopic (exact) mass is 320 g/mol. The van der Waals surface area contributed by atoms with Crippen molar-refractivity contribution in [3.8, 4) is 0 Å². The molecule has 3 heteroatoms. The van der Waals surface area contributed by atoms with E-state index in [1.54, 1.807) is 0 Å². The second-order valence-corrected chi connectivity index (χ2v) is 6.47. The fourth-order valence-corrected chi connectivity index (χ4v) is 3.51. The number of hydrazine groups is 1. The van der Waals surface area contributed by atoms with Crippen LogP contribution in [0.25, 0.3) is 11.5 Å². The molecule has 0 aliphatic carbocycles. The Morgan fingerprint density at radius 1 is 0.625 bits per heavy atom. The van der Waals surface area contributed by atoms with Crippen LogP contribution in [0.1, 0.15) is 43.2 Å². The Balaban J connectivity index is 1.78. The van der Waals surface area contributed by atoms with Gasteiger partial charge in [-0.15, -0.1) is 0 Å². The van der Waals surface area contributed by atoms with E-state index in [0.29, 0.717) is 0 Å². The first-order chi connectivity index (χ1) is 11.9. The van der Waals surface area contributed by atoms with Crippen molar-refractivity contribution >= 4 is 11.5 Å². The number of hydrogen-bond acceptors (Lipinski definition) is 3. The van der Waals surface area contributed by atoms with Crippen LogP contribution in [0.15, 0.2) is 60.7 Å². The molecule has 2 aromatic carbocycles. The summed E-state index contributed by atoms with van der Waals surface area (Å²) >= 11 is 0. The summed E-state index contributed by atoms with van der Waals surface area (Å²) < 4.78 is 0. The molecule has 4 rings (SSSR count). The summed E-state index contributed by atoms with van der Waals surface area (Å²) in [4.78, 5) is 6.35. The Morgan fingerprint density at radius 3 is 1.92 bits per heavy atom.